The predicted octanol–water partition coefficient (Wildman–Crippen LogP) is 2.42. The summed E-state index contributed by atoms with van der Waals surface area (Å²) in [5.74, 6) is 0.744. The molecule has 0 spiro atoms. The number of ether oxygens (including phenoxy) is 1. The lowest BCUT2D eigenvalue weighted by molar-refractivity contribution is 0.171. The number of nitrogens with one attached hydrogen (secondary N) is 1. The summed E-state index contributed by atoms with van der Waals surface area (Å²) in [6.07, 6.45) is 0.261. The third-order valence-electron chi connectivity index (χ3n) is 2.73. The van der Waals surface area contributed by atoms with Crippen LogP contribution in [0.25, 0.3) is 15.7 Å². The quantitative estimate of drug-likeness (QED) is 0.803. The van der Waals surface area contributed by atoms with Gasteiger partial charge >= 0.3 is 6.09 Å². The second-order valence-electron chi connectivity index (χ2n) is 4.00. The van der Waals surface area contributed by atoms with Crippen LogP contribution in [0.15, 0.2) is 22.9 Å². The molecule has 0 saturated carbocycles. The summed E-state index contributed by atoms with van der Waals surface area (Å²) in [6.45, 7) is 0.507. The second-order valence-corrected chi connectivity index (χ2v) is 5.79. The van der Waals surface area contributed by atoms with Gasteiger partial charge in [-0.15, -0.1) is 27.8 Å². The molecule has 3 rings (SSSR count). The minimum Gasteiger partial charge on any atom is -0.453 e. The fourth-order valence-corrected chi connectivity index (χ4v) is 3.28. The highest BCUT2D eigenvalue weighted by Crippen LogP contribution is 2.24. The van der Waals surface area contributed by atoms with Crippen LogP contribution in [0.5, 0.6) is 0 Å². The molecule has 0 radical (unpaired) electrons. The first-order valence-electron chi connectivity index (χ1n) is 5.97. The number of carbonyl (C=O) groups excluding carboxylic acids is 1. The first-order valence-corrected chi connectivity index (χ1v) is 7.72. The lowest BCUT2D eigenvalue weighted by Crippen LogP contribution is -2.25. The fraction of sp³-hybridized carbons (Fsp3) is 0.250. The fourth-order valence-electron chi connectivity index (χ4n) is 1.77. The Hall–Kier alpha value is -1.93. The normalized spacial score (nSPS) is 10.8. The summed E-state index contributed by atoms with van der Waals surface area (Å²) >= 11 is 3.16. The number of methoxy groups -OCH3 is 1. The van der Waals surface area contributed by atoms with Gasteiger partial charge in [0.25, 0.3) is 0 Å². The van der Waals surface area contributed by atoms with Gasteiger partial charge in [0.05, 0.1) is 17.7 Å². The van der Waals surface area contributed by atoms with E-state index in [2.05, 4.69) is 20.1 Å². The first kappa shape index (κ1) is 13.1. The molecule has 3 heterocycles. The van der Waals surface area contributed by atoms with Gasteiger partial charge in [-0.1, -0.05) is 6.07 Å². The summed E-state index contributed by atoms with van der Waals surface area (Å²) in [4.78, 5) is 17.4. The number of aromatic nitrogens is 3. The maximum Gasteiger partial charge on any atom is 0.406 e. The maximum atomic E-state index is 11.0. The Kier molecular flexibility index (Phi) is 3.66. The third kappa shape index (κ3) is 2.52. The van der Waals surface area contributed by atoms with Crippen molar-refractivity contribution in [3.8, 4) is 10.7 Å². The average Bonchev–Trinajstić information content (AvgIpc) is 3.15. The lowest BCUT2D eigenvalue weighted by Gasteiger charge is -2.01. The van der Waals surface area contributed by atoms with Crippen LogP contribution >= 0.6 is 22.7 Å². The highest BCUT2D eigenvalue weighted by atomic mass is 32.1. The van der Waals surface area contributed by atoms with Crippen molar-refractivity contribution in [2.75, 3.05) is 13.7 Å². The summed E-state index contributed by atoms with van der Waals surface area (Å²) in [5.41, 5.74) is 1.02. The molecule has 6 nitrogen and oxygen atoms in total. The van der Waals surface area contributed by atoms with Crippen molar-refractivity contribution in [1.82, 2.24) is 19.9 Å². The highest BCUT2D eigenvalue weighted by Gasteiger charge is 2.12. The number of carbonyl (C=O) groups is 1. The molecule has 0 fully saturated rings. The predicted molar refractivity (Wildman–Crippen MR) is 78.3 cm³/mol. The number of hydrogen-bond acceptors (Lipinski definition) is 6. The van der Waals surface area contributed by atoms with Crippen LogP contribution in [0.4, 0.5) is 4.79 Å². The van der Waals surface area contributed by atoms with Crippen molar-refractivity contribution in [2.24, 2.45) is 0 Å². The van der Waals surface area contributed by atoms with Crippen molar-refractivity contribution < 1.29 is 9.53 Å². The molecule has 3 aromatic heterocycles. The Morgan fingerprint density at radius 3 is 3.15 bits per heavy atom. The number of fused-ring (bicyclic) bond motifs is 1. The van der Waals surface area contributed by atoms with Crippen LogP contribution in [-0.2, 0) is 11.2 Å². The molecule has 0 bridgehead atoms. The molecule has 0 saturated heterocycles. The monoisotopic (exact) mass is 308 g/mol. The smallest absolute Gasteiger partial charge is 0.406 e. The molecule has 0 aliphatic carbocycles. The number of thiazole rings is 1. The Morgan fingerprint density at radius 1 is 1.50 bits per heavy atom. The SMILES string of the molecule is COC(=O)NCCc1csc2nc(-c3cccs3)nn12. The zero-order chi connectivity index (χ0) is 13.9. The summed E-state index contributed by atoms with van der Waals surface area (Å²) < 4.78 is 6.36. The summed E-state index contributed by atoms with van der Waals surface area (Å²) in [5, 5.41) is 11.2. The van der Waals surface area contributed by atoms with Gasteiger partial charge in [-0.05, 0) is 11.4 Å². The van der Waals surface area contributed by atoms with Crippen molar-refractivity contribution in [2.45, 2.75) is 6.42 Å². The molecule has 0 aliphatic rings. The van der Waals surface area contributed by atoms with E-state index < -0.39 is 6.09 Å². The van der Waals surface area contributed by atoms with Crippen LogP contribution < -0.4 is 5.32 Å². The van der Waals surface area contributed by atoms with E-state index in [1.54, 1.807) is 22.7 Å². The Balaban J connectivity index is 1.77. The van der Waals surface area contributed by atoms with E-state index in [9.17, 15) is 4.79 Å². The van der Waals surface area contributed by atoms with Crippen LogP contribution in [0, 0.1) is 0 Å². The molecule has 104 valence electrons. The minimum atomic E-state index is -0.422. The molecular weight excluding hydrogens is 296 g/mol. The van der Waals surface area contributed by atoms with Crippen molar-refractivity contribution >= 4 is 33.7 Å². The van der Waals surface area contributed by atoms with Gasteiger partial charge in [-0.25, -0.2) is 9.31 Å². The van der Waals surface area contributed by atoms with Gasteiger partial charge in [-0.3, -0.25) is 0 Å². The molecular formula is C12H12N4O2S2. The number of alkyl carbamates (subject to hydrolysis) is 1. The Labute approximate surface area is 123 Å². The number of rotatable bonds is 4. The summed E-state index contributed by atoms with van der Waals surface area (Å²) in [7, 11) is 1.35. The van der Waals surface area contributed by atoms with Gasteiger partial charge in [-0.2, -0.15) is 4.98 Å². The molecule has 20 heavy (non-hydrogen) atoms. The summed E-state index contributed by atoms with van der Waals surface area (Å²) in [6, 6.07) is 3.99. The molecule has 0 atom stereocenters. The van der Waals surface area contributed by atoms with E-state index in [1.807, 2.05) is 27.4 Å². The Bertz CT molecular complexity index is 717. The Morgan fingerprint density at radius 2 is 2.40 bits per heavy atom. The van der Waals surface area contributed by atoms with E-state index >= 15 is 0 Å². The molecule has 0 aromatic carbocycles. The molecule has 8 heteroatoms. The van der Waals surface area contributed by atoms with Gasteiger partial charge in [0.2, 0.25) is 4.96 Å². The lowest BCUT2D eigenvalue weighted by atomic mass is 10.3. The molecule has 3 aromatic rings. The van der Waals surface area contributed by atoms with E-state index in [0.29, 0.717) is 13.0 Å². The van der Waals surface area contributed by atoms with Gasteiger partial charge in [0, 0.05) is 18.3 Å². The largest absolute Gasteiger partial charge is 0.453 e. The van der Waals surface area contributed by atoms with Crippen molar-refractivity contribution in [1.29, 1.82) is 0 Å². The van der Waals surface area contributed by atoms with Gasteiger partial charge in [0.1, 0.15) is 0 Å². The van der Waals surface area contributed by atoms with Gasteiger partial charge in [0.15, 0.2) is 5.82 Å². The van der Waals surface area contributed by atoms with E-state index in [1.165, 1.54) is 7.11 Å². The van der Waals surface area contributed by atoms with Crippen LogP contribution in [-0.4, -0.2) is 34.3 Å². The standard InChI is InChI=1S/C12H12N4O2S2/c1-18-12(17)13-5-4-8-7-20-11-14-10(15-16(8)11)9-3-2-6-19-9/h2-3,6-7H,4-5H2,1H3,(H,13,17). The molecule has 1 N–H and O–H groups in total. The number of hydrogen-bond donors (Lipinski definition) is 1. The van der Waals surface area contributed by atoms with Crippen LogP contribution in [0.2, 0.25) is 0 Å². The van der Waals surface area contributed by atoms with Gasteiger partial charge < -0.3 is 10.1 Å². The van der Waals surface area contributed by atoms with E-state index in [-0.39, 0.29) is 0 Å². The average molecular weight is 308 g/mol. The van der Waals surface area contributed by atoms with Crippen molar-refractivity contribution in [3.63, 3.8) is 0 Å². The number of nitrogens with zero attached hydrogens (tertiary/aromatic N) is 3. The van der Waals surface area contributed by atoms with E-state index in [4.69, 9.17) is 0 Å². The topological polar surface area (TPSA) is 68.5 Å². The van der Waals surface area contributed by atoms with E-state index in [0.717, 1.165) is 21.4 Å². The third-order valence-corrected chi connectivity index (χ3v) is 4.46. The molecule has 0 aliphatic heterocycles. The minimum absolute atomic E-state index is 0.422. The number of thiophene rings is 1. The molecule has 1 amide bonds. The number of amides is 1. The van der Waals surface area contributed by atoms with Crippen LogP contribution in [0.3, 0.4) is 0 Å². The second kappa shape index (κ2) is 5.59. The highest BCUT2D eigenvalue weighted by molar-refractivity contribution is 7.15. The van der Waals surface area contributed by atoms with Crippen molar-refractivity contribution in [3.05, 3.63) is 28.6 Å². The zero-order valence-corrected chi connectivity index (χ0v) is 12.3. The maximum absolute atomic E-state index is 11.0. The molecule has 0 unspecified atom stereocenters. The first-order chi connectivity index (χ1) is 9.78. The van der Waals surface area contributed by atoms with Crippen LogP contribution in [0.1, 0.15) is 5.69 Å². The zero-order valence-electron chi connectivity index (χ0n) is 10.7.